The van der Waals surface area contributed by atoms with Gasteiger partial charge in [0, 0.05) is 0 Å². The molecule has 8 unspecified atom stereocenters. The fourth-order valence-electron chi connectivity index (χ4n) is 8.92. The Balaban J connectivity index is 0.917. The molecule has 2 aliphatic carbocycles. The average molecular weight is 805 g/mol. The van der Waals surface area contributed by atoms with Gasteiger partial charge in [0.2, 0.25) is 0 Å². The van der Waals surface area contributed by atoms with Gasteiger partial charge >= 0.3 is 23.9 Å². The Kier molecular flexibility index (Phi) is 23.6. The van der Waals surface area contributed by atoms with Crippen LogP contribution in [-0.4, -0.2) is 74.7 Å². The van der Waals surface area contributed by atoms with Crippen LogP contribution in [0.2, 0.25) is 0 Å². The molecule has 2 aliphatic heterocycles. The number of hydrogen-bond donors (Lipinski definition) is 0. The predicted molar refractivity (Wildman–Crippen MR) is 220 cm³/mol. The summed E-state index contributed by atoms with van der Waals surface area (Å²) < 4.78 is 33.8. The maximum absolute atomic E-state index is 13.0. The van der Waals surface area contributed by atoms with E-state index < -0.39 is 23.7 Å². The van der Waals surface area contributed by atoms with Gasteiger partial charge in [0.1, 0.15) is 0 Å². The zero-order chi connectivity index (χ0) is 40.5. The van der Waals surface area contributed by atoms with Gasteiger partial charge in [0.05, 0.1) is 74.5 Å². The van der Waals surface area contributed by atoms with Crippen molar-refractivity contribution in [3.8, 4) is 0 Å². The van der Waals surface area contributed by atoms with Crippen LogP contribution in [0, 0.1) is 23.7 Å². The Morgan fingerprint density at radius 3 is 0.737 bits per heavy atom. The summed E-state index contributed by atoms with van der Waals surface area (Å²) in [4.78, 5) is 51.6. The second-order valence-corrected chi connectivity index (χ2v) is 17.6. The van der Waals surface area contributed by atoms with Gasteiger partial charge in [-0.15, -0.1) is 0 Å². The van der Waals surface area contributed by atoms with E-state index in [1.165, 1.54) is 96.3 Å². The molecule has 10 heteroatoms. The molecule has 328 valence electrons. The van der Waals surface area contributed by atoms with E-state index in [-0.39, 0.29) is 48.3 Å². The first-order valence-corrected chi connectivity index (χ1v) is 23.9. The summed E-state index contributed by atoms with van der Waals surface area (Å²) in [5, 5.41) is 0. The van der Waals surface area contributed by atoms with Crippen molar-refractivity contribution in [2.75, 3.05) is 26.4 Å². The molecule has 0 aromatic carbocycles. The van der Waals surface area contributed by atoms with Crippen LogP contribution in [0.5, 0.6) is 0 Å². The minimum Gasteiger partial charge on any atom is -0.465 e. The van der Waals surface area contributed by atoms with Gasteiger partial charge in [-0.05, 0) is 51.4 Å². The van der Waals surface area contributed by atoms with E-state index in [0.29, 0.717) is 52.1 Å². The molecule has 2 saturated carbocycles. The third-order valence-corrected chi connectivity index (χ3v) is 12.8. The molecule has 0 amide bonds. The van der Waals surface area contributed by atoms with E-state index in [2.05, 4.69) is 13.8 Å². The van der Waals surface area contributed by atoms with E-state index in [1.807, 2.05) is 0 Å². The van der Waals surface area contributed by atoms with Crippen LogP contribution < -0.4 is 0 Å². The monoisotopic (exact) mass is 805 g/mol. The minimum absolute atomic E-state index is 0.0936. The van der Waals surface area contributed by atoms with Gasteiger partial charge in [-0.2, -0.15) is 0 Å². The number of epoxide rings is 2. The molecule has 4 aliphatic rings. The van der Waals surface area contributed by atoms with Gasteiger partial charge < -0.3 is 28.4 Å². The van der Waals surface area contributed by atoms with Crippen molar-refractivity contribution in [1.82, 2.24) is 0 Å². The summed E-state index contributed by atoms with van der Waals surface area (Å²) in [7, 11) is 0. The molecule has 0 radical (unpaired) electrons. The number of carbonyl (C=O) groups is 4. The van der Waals surface area contributed by atoms with Gasteiger partial charge in [-0.1, -0.05) is 149 Å². The third-order valence-electron chi connectivity index (χ3n) is 12.8. The van der Waals surface area contributed by atoms with E-state index in [1.54, 1.807) is 0 Å². The Bertz CT molecular complexity index is 1060. The van der Waals surface area contributed by atoms with Crippen LogP contribution >= 0.6 is 0 Å². The average Bonchev–Trinajstić information content (AvgIpc) is 4.15. The van der Waals surface area contributed by atoms with E-state index in [0.717, 1.165) is 64.2 Å². The molecule has 0 aromatic heterocycles. The Morgan fingerprint density at radius 2 is 0.526 bits per heavy atom. The molecule has 0 bridgehead atoms. The molecule has 0 aromatic rings. The number of ether oxygens (including phenoxy) is 6. The van der Waals surface area contributed by atoms with Crippen LogP contribution in [0.15, 0.2) is 0 Å². The molecule has 0 spiro atoms. The highest BCUT2D eigenvalue weighted by Gasteiger charge is 2.54. The minimum atomic E-state index is -0.448. The fraction of sp³-hybridized carbons (Fsp3) is 0.915. The molecular formula is C47H80O10. The van der Waals surface area contributed by atoms with Crippen LogP contribution in [0.1, 0.15) is 200 Å². The summed E-state index contributed by atoms with van der Waals surface area (Å²) in [5.41, 5.74) is 0. The smallest absolute Gasteiger partial charge is 0.309 e. The number of unbranched alkanes of at least 4 members (excludes halogenated alkanes) is 22. The number of hydrogen-bond acceptors (Lipinski definition) is 10. The lowest BCUT2D eigenvalue weighted by Crippen LogP contribution is -2.37. The summed E-state index contributed by atoms with van der Waals surface area (Å²) in [5.74, 6) is -2.83. The standard InChI is InChI=1S/C47H80O10/c1-3-5-7-9-20-24-28-52-44(48)36-32-40-42(56-40)34-38(36)46(50)54-30-26-22-18-16-14-12-11-13-15-17-19-23-27-31-55-47(51)39-35-43-41(57-43)33-37(39)45(49)53-29-25-21-10-8-6-4-2/h36-43H,3-35H2,1-2H3. The van der Waals surface area contributed by atoms with Crippen molar-refractivity contribution in [3.05, 3.63) is 0 Å². The summed E-state index contributed by atoms with van der Waals surface area (Å²) in [6.07, 6.45) is 31.1. The summed E-state index contributed by atoms with van der Waals surface area (Å²) >= 11 is 0. The Morgan fingerprint density at radius 1 is 0.333 bits per heavy atom. The molecule has 8 atom stereocenters. The van der Waals surface area contributed by atoms with Gasteiger partial charge in [0.25, 0.3) is 0 Å². The maximum Gasteiger partial charge on any atom is 0.309 e. The molecule has 2 heterocycles. The van der Waals surface area contributed by atoms with Crippen molar-refractivity contribution >= 4 is 23.9 Å². The number of fused-ring (bicyclic) bond motifs is 2. The molecule has 10 nitrogen and oxygen atoms in total. The zero-order valence-corrected chi connectivity index (χ0v) is 36.0. The lowest BCUT2D eigenvalue weighted by Gasteiger charge is -2.26. The van der Waals surface area contributed by atoms with Crippen molar-refractivity contribution in [2.45, 2.75) is 224 Å². The maximum atomic E-state index is 13.0. The number of esters is 4. The molecule has 4 rings (SSSR count). The van der Waals surface area contributed by atoms with E-state index in [9.17, 15) is 19.2 Å². The molecule has 2 saturated heterocycles. The normalized spacial score (nSPS) is 25.9. The Labute approximate surface area is 345 Å². The van der Waals surface area contributed by atoms with E-state index in [4.69, 9.17) is 28.4 Å². The predicted octanol–water partition coefficient (Wildman–Crippen LogP) is 10.5. The second-order valence-electron chi connectivity index (χ2n) is 17.6. The largest absolute Gasteiger partial charge is 0.465 e. The quantitative estimate of drug-likeness (QED) is 0.0268. The Hall–Kier alpha value is -2.20. The molecule has 4 fully saturated rings. The highest BCUT2D eigenvalue weighted by molar-refractivity contribution is 5.83. The highest BCUT2D eigenvalue weighted by atomic mass is 16.6. The third kappa shape index (κ3) is 18.7. The highest BCUT2D eigenvalue weighted by Crippen LogP contribution is 2.45. The van der Waals surface area contributed by atoms with Crippen molar-refractivity contribution < 1.29 is 47.6 Å². The summed E-state index contributed by atoms with van der Waals surface area (Å²) in [6.45, 7) is 6.10. The fourth-order valence-corrected chi connectivity index (χ4v) is 8.92. The lowest BCUT2D eigenvalue weighted by molar-refractivity contribution is -0.162. The van der Waals surface area contributed by atoms with Crippen LogP contribution in [0.25, 0.3) is 0 Å². The lowest BCUT2D eigenvalue weighted by atomic mass is 9.79. The molecule has 57 heavy (non-hydrogen) atoms. The van der Waals surface area contributed by atoms with Crippen molar-refractivity contribution in [1.29, 1.82) is 0 Å². The first-order valence-electron chi connectivity index (χ1n) is 23.9. The summed E-state index contributed by atoms with van der Waals surface area (Å²) in [6, 6.07) is 0. The topological polar surface area (TPSA) is 130 Å². The van der Waals surface area contributed by atoms with Gasteiger partial charge in [0.15, 0.2) is 0 Å². The molecular weight excluding hydrogens is 725 g/mol. The SMILES string of the molecule is CCCCCCCCOC(=O)C1CC2OC2CC1C(=O)OCCCCCCCCCCCCCCCOC(=O)C1CC2OC2CC1C(=O)OCCCCCCCC. The van der Waals surface area contributed by atoms with Gasteiger partial charge in [-0.25, -0.2) is 0 Å². The van der Waals surface area contributed by atoms with Crippen LogP contribution in [-0.2, 0) is 47.6 Å². The number of carbonyl (C=O) groups excluding carboxylic acids is 4. The van der Waals surface area contributed by atoms with Crippen molar-refractivity contribution in [3.63, 3.8) is 0 Å². The zero-order valence-electron chi connectivity index (χ0n) is 36.0. The molecule has 0 N–H and O–H groups in total. The van der Waals surface area contributed by atoms with Crippen molar-refractivity contribution in [2.24, 2.45) is 23.7 Å². The number of rotatable bonds is 34. The van der Waals surface area contributed by atoms with Crippen LogP contribution in [0.4, 0.5) is 0 Å². The first-order chi connectivity index (χ1) is 27.9. The van der Waals surface area contributed by atoms with Crippen LogP contribution in [0.3, 0.4) is 0 Å². The van der Waals surface area contributed by atoms with E-state index >= 15 is 0 Å². The second kappa shape index (κ2) is 28.3. The van der Waals surface area contributed by atoms with Gasteiger partial charge in [-0.3, -0.25) is 19.2 Å². The first kappa shape index (κ1) is 47.5.